The van der Waals surface area contributed by atoms with Gasteiger partial charge in [0.15, 0.2) is 5.78 Å². The molecule has 0 spiro atoms. The summed E-state index contributed by atoms with van der Waals surface area (Å²) in [7, 11) is 0. The monoisotopic (exact) mass is 407 g/mol. The van der Waals surface area contributed by atoms with Gasteiger partial charge in [-0.2, -0.15) is 0 Å². The molecule has 1 N–H and O–H groups in total. The molecule has 0 aromatic heterocycles. The molecule has 2 atom stereocenters. The standard InChI is InChI=1S/C25H29NO4/c1-16(27)21-6-4-5-7-22(21)17-8-9-23-19(12-17)13-20(30-23)15-26-24(28)18-10-11-29-25(2,3)14-18/h4-9,12,18,20H,10-11,13-15H2,1-3H3,(H,26,28)/t18-,20-/m0/s1. The van der Waals surface area contributed by atoms with Crippen LogP contribution in [0.4, 0.5) is 0 Å². The van der Waals surface area contributed by atoms with Gasteiger partial charge in [-0.15, -0.1) is 0 Å². The van der Waals surface area contributed by atoms with Crippen LogP contribution >= 0.6 is 0 Å². The fourth-order valence-electron chi connectivity index (χ4n) is 4.46. The number of hydrogen-bond acceptors (Lipinski definition) is 4. The Morgan fingerprint density at radius 3 is 2.73 bits per heavy atom. The third-order valence-corrected chi connectivity index (χ3v) is 5.99. The van der Waals surface area contributed by atoms with E-state index in [4.69, 9.17) is 9.47 Å². The molecule has 1 saturated heterocycles. The second kappa shape index (κ2) is 8.23. The maximum absolute atomic E-state index is 12.6. The number of fused-ring (bicyclic) bond motifs is 1. The van der Waals surface area contributed by atoms with Gasteiger partial charge in [0.2, 0.25) is 5.91 Å². The van der Waals surface area contributed by atoms with Crippen molar-refractivity contribution < 1.29 is 19.1 Å². The molecule has 30 heavy (non-hydrogen) atoms. The van der Waals surface area contributed by atoms with Crippen molar-refractivity contribution in [2.75, 3.05) is 13.2 Å². The van der Waals surface area contributed by atoms with E-state index in [9.17, 15) is 9.59 Å². The molecule has 0 aliphatic carbocycles. The second-order valence-electron chi connectivity index (χ2n) is 8.91. The van der Waals surface area contributed by atoms with Gasteiger partial charge in [-0.3, -0.25) is 9.59 Å². The molecule has 0 saturated carbocycles. The lowest BCUT2D eigenvalue weighted by Gasteiger charge is -2.34. The van der Waals surface area contributed by atoms with Gasteiger partial charge in [0.25, 0.3) is 0 Å². The van der Waals surface area contributed by atoms with E-state index in [1.54, 1.807) is 6.92 Å². The van der Waals surface area contributed by atoms with Gasteiger partial charge in [-0.1, -0.05) is 30.3 Å². The van der Waals surface area contributed by atoms with Gasteiger partial charge in [0.1, 0.15) is 11.9 Å². The lowest BCUT2D eigenvalue weighted by atomic mass is 9.88. The number of rotatable bonds is 5. The third kappa shape index (κ3) is 4.41. The predicted octanol–water partition coefficient (Wildman–Crippen LogP) is 4.18. The molecule has 1 fully saturated rings. The highest BCUT2D eigenvalue weighted by Gasteiger charge is 2.33. The van der Waals surface area contributed by atoms with Crippen molar-refractivity contribution in [3.8, 4) is 16.9 Å². The Hall–Kier alpha value is -2.66. The van der Waals surface area contributed by atoms with Crippen molar-refractivity contribution in [1.82, 2.24) is 5.32 Å². The summed E-state index contributed by atoms with van der Waals surface area (Å²) in [5, 5.41) is 3.07. The minimum atomic E-state index is -0.243. The molecular weight excluding hydrogens is 378 g/mol. The normalized spacial score (nSPS) is 22.1. The summed E-state index contributed by atoms with van der Waals surface area (Å²) in [6.45, 7) is 6.77. The lowest BCUT2D eigenvalue weighted by molar-refractivity contribution is -0.135. The molecule has 0 radical (unpaired) electrons. The van der Waals surface area contributed by atoms with E-state index in [1.165, 1.54) is 0 Å². The van der Waals surface area contributed by atoms with Crippen LogP contribution in [0.1, 0.15) is 49.5 Å². The molecule has 2 heterocycles. The van der Waals surface area contributed by atoms with Crippen molar-refractivity contribution in [3.05, 3.63) is 53.6 Å². The van der Waals surface area contributed by atoms with Crippen LogP contribution in [-0.4, -0.2) is 36.5 Å². The molecule has 158 valence electrons. The molecule has 5 nitrogen and oxygen atoms in total. The number of carbonyl (C=O) groups excluding carboxylic acids is 2. The highest BCUT2D eigenvalue weighted by molar-refractivity contribution is 6.00. The number of hydrogen-bond donors (Lipinski definition) is 1. The topological polar surface area (TPSA) is 64.6 Å². The maximum Gasteiger partial charge on any atom is 0.223 e. The molecular formula is C25H29NO4. The highest BCUT2D eigenvalue weighted by Crippen LogP contribution is 2.34. The van der Waals surface area contributed by atoms with Crippen LogP contribution in [0, 0.1) is 5.92 Å². The number of amides is 1. The SMILES string of the molecule is CC(=O)c1ccccc1-c1ccc2c(c1)C[C@@H](CNC(=O)[C@H]1CCOC(C)(C)C1)O2. The number of carbonyl (C=O) groups is 2. The fourth-order valence-corrected chi connectivity index (χ4v) is 4.46. The highest BCUT2D eigenvalue weighted by atomic mass is 16.5. The number of nitrogens with one attached hydrogen (secondary N) is 1. The summed E-state index contributed by atoms with van der Waals surface area (Å²) in [4.78, 5) is 24.6. The molecule has 2 aliphatic heterocycles. The number of Topliss-reactive ketones (excluding diaryl/α,β-unsaturated/α-hetero) is 1. The summed E-state index contributed by atoms with van der Waals surface area (Å²) >= 11 is 0. The zero-order valence-electron chi connectivity index (χ0n) is 17.9. The van der Waals surface area contributed by atoms with Crippen molar-refractivity contribution in [1.29, 1.82) is 0 Å². The Labute approximate surface area is 177 Å². The molecule has 5 heteroatoms. The van der Waals surface area contributed by atoms with Crippen molar-refractivity contribution in [3.63, 3.8) is 0 Å². The van der Waals surface area contributed by atoms with E-state index in [2.05, 4.69) is 11.4 Å². The van der Waals surface area contributed by atoms with Gasteiger partial charge >= 0.3 is 0 Å². The Bertz CT molecular complexity index is 965. The smallest absolute Gasteiger partial charge is 0.223 e. The summed E-state index contributed by atoms with van der Waals surface area (Å²) < 4.78 is 11.8. The van der Waals surface area contributed by atoms with E-state index in [-0.39, 0.29) is 29.3 Å². The van der Waals surface area contributed by atoms with Crippen LogP contribution in [0.15, 0.2) is 42.5 Å². The molecule has 1 amide bonds. The maximum atomic E-state index is 12.6. The first-order valence-corrected chi connectivity index (χ1v) is 10.6. The first kappa shape index (κ1) is 20.6. The largest absolute Gasteiger partial charge is 0.488 e. The minimum absolute atomic E-state index is 0.00721. The van der Waals surface area contributed by atoms with E-state index in [0.29, 0.717) is 13.2 Å². The average molecular weight is 408 g/mol. The molecule has 2 aromatic carbocycles. The van der Waals surface area contributed by atoms with E-state index >= 15 is 0 Å². The summed E-state index contributed by atoms with van der Waals surface area (Å²) in [5.41, 5.74) is 3.54. The minimum Gasteiger partial charge on any atom is -0.488 e. The number of ether oxygens (including phenoxy) is 2. The molecule has 0 bridgehead atoms. The van der Waals surface area contributed by atoms with Crippen LogP contribution in [0.2, 0.25) is 0 Å². The number of benzene rings is 2. The first-order chi connectivity index (χ1) is 14.3. The van der Waals surface area contributed by atoms with Gasteiger partial charge in [0.05, 0.1) is 12.1 Å². The van der Waals surface area contributed by atoms with Crippen LogP contribution in [0.5, 0.6) is 5.75 Å². The quantitative estimate of drug-likeness (QED) is 0.755. The molecule has 0 unspecified atom stereocenters. The van der Waals surface area contributed by atoms with Crippen LogP contribution < -0.4 is 10.1 Å². The van der Waals surface area contributed by atoms with Crippen LogP contribution in [0.25, 0.3) is 11.1 Å². The Morgan fingerprint density at radius 2 is 1.97 bits per heavy atom. The van der Waals surface area contributed by atoms with E-state index in [1.807, 2.05) is 50.2 Å². The Balaban J connectivity index is 1.40. The molecule has 2 aromatic rings. The van der Waals surface area contributed by atoms with Gasteiger partial charge in [-0.25, -0.2) is 0 Å². The van der Waals surface area contributed by atoms with Crippen molar-refractivity contribution in [2.24, 2.45) is 5.92 Å². The predicted molar refractivity (Wildman–Crippen MR) is 116 cm³/mol. The summed E-state index contributed by atoms with van der Waals surface area (Å²) in [5.74, 6) is 0.985. The van der Waals surface area contributed by atoms with Crippen LogP contribution in [-0.2, 0) is 16.0 Å². The van der Waals surface area contributed by atoms with Crippen molar-refractivity contribution >= 4 is 11.7 Å². The molecule has 2 aliphatic rings. The van der Waals surface area contributed by atoms with Gasteiger partial charge in [0, 0.05) is 24.5 Å². The first-order valence-electron chi connectivity index (χ1n) is 10.6. The van der Waals surface area contributed by atoms with E-state index in [0.717, 1.165) is 47.3 Å². The van der Waals surface area contributed by atoms with E-state index < -0.39 is 0 Å². The van der Waals surface area contributed by atoms with Gasteiger partial charge < -0.3 is 14.8 Å². The fraction of sp³-hybridized carbons (Fsp3) is 0.440. The Morgan fingerprint density at radius 1 is 1.17 bits per heavy atom. The lowest BCUT2D eigenvalue weighted by Crippen LogP contribution is -2.43. The zero-order chi connectivity index (χ0) is 21.3. The summed E-state index contributed by atoms with van der Waals surface area (Å²) in [6, 6.07) is 13.7. The van der Waals surface area contributed by atoms with Gasteiger partial charge in [-0.05, 0) is 62.4 Å². The second-order valence-corrected chi connectivity index (χ2v) is 8.91. The summed E-state index contributed by atoms with van der Waals surface area (Å²) in [6.07, 6.45) is 2.17. The van der Waals surface area contributed by atoms with Crippen molar-refractivity contribution in [2.45, 2.75) is 51.7 Å². The molecule has 4 rings (SSSR count). The zero-order valence-corrected chi connectivity index (χ0v) is 17.9. The third-order valence-electron chi connectivity index (χ3n) is 5.99. The number of ketones is 1. The average Bonchev–Trinajstić information content (AvgIpc) is 3.13. The van der Waals surface area contributed by atoms with Crippen LogP contribution in [0.3, 0.4) is 0 Å². The Kier molecular flexibility index (Phi) is 5.65.